The van der Waals surface area contributed by atoms with Gasteiger partial charge in [0.1, 0.15) is 13.2 Å². The topological polar surface area (TPSA) is 78.9 Å². The monoisotopic (exact) mass is 965 g/mol. The van der Waals surface area contributed by atoms with Crippen LogP contribution in [0.2, 0.25) is 0 Å². The maximum absolute atomic E-state index is 12.9. The van der Waals surface area contributed by atoms with Crippen molar-refractivity contribution in [1.29, 1.82) is 0 Å². The van der Waals surface area contributed by atoms with E-state index in [-0.39, 0.29) is 31.1 Å². The third kappa shape index (κ3) is 55.9. The van der Waals surface area contributed by atoms with E-state index in [1.54, 1.807) is 0 Å². The number of carbonyl (C=O) groups is 3. The van der Waals surface area contributed by atoms with Crippen molar-refractivity contribution in [3.05, 3.63) is 60.8 Å². The largest absolute Gasteiger partial charge is 0.462 e. The summed E-state index contributed by atoms with van der Waals surface area (Å²) < 4.78 is 16.9. The number of rotatable bonds is 54. The lowest BCUT2D eigenvalue weighted by Crippen LogP contribution is -2.30. The minimum Gasteiger partial charge on any atom is -0.462 e. The predicted molar refractivity (Wildman–Crippen MR) is 298 cm³/mol. The van der Waals surface area contributed by atoms with E-state index in [1.807, 2.05) is 0 Å². The molecule has 6 nitrogen and oxygen atoms in total. The van der Waals surface area contributed by atoms with Crippen LogP contribution in [0.25, 0.3) is 0 Å². The molecule has 0 aromatic heterocycles. The van der Waals surface area contributed by atoms with E-state index in [9.17, 15) is 14.4 Å². The summed E-state index contributed by atoms with van der Waals surface area (Å²) in [5.74, 6) is -0.903. The average molecular weight is 966 g/mol. The lowest BCUT2D eigenvalue weighted by Gasteiger charge is -2.18. The summed E-state index contributed by atoms with van der Waals surface area (Å²) in [6.07, 6.45) is 72.1. The first-order valence-corrected chi connectivity index (χ1v) is 29.8. The van der Waals surface area contributed by atoms with Crippen LogP contribution in [-0.4, -0.2) is 37.2 Å². The first-order chi connectivity index (χ1) is 34.0. The Kier molecular flexibility index (Phi) is 55.3. The normalized spacial score (nSPS) is 12.4. The fraction of sp³-hybridized carbons (Fsp3) is 0.794. The Labute approximate surface area is 428 Å². The maximum atomic E-state index is 12.9. The Morgan fingerprint density at radius 1 is 0.290 bits per heavy atom. The van der Waals surface area contributed by atoms with Gasteiger partial charge in [0.15, 0.2) is 6.10 Å². The molecular formula is C63H112O6. The van der Waals surface area contributed by atoms with Crippen LogP contribution in [-0.2, 0) is 28.6 Å². The average Bonchev–Trinajstić information content (AvgIpc) is 3.35. The zero-order chi connectivity index (χ0) is 50.0. The number of hydrogen-bond acceptors (Lipinski definition) is 6. The van der Waals surface area contributed by atoms with Gasteiger partial charge >= 0.3 is 17.9 Å². The first-order valence-electron chi connectivity index (χ1n) is 29.8. The second-order valence-corrected chi connectivity index (χ2v) is 19.9. The highest BCUT2D eigenvalue weighted by Crippen LogP contribution is 2.16. The van der Waals surface area contributed by atoms with Gasteiger partial charge in [-0.15, -0.1) is 0 Å². The van der Waals surface area contributed by atoms with Crippen molar-refractivity contribution in [3.63, 3.8) is 0 Å². The molecule has 69 heavy (non-hydrogen) atoms. The second kappa shape index (κ2) is 57.7. The molecule has 0 saturated carbocycles. The highest BCUT2D eigenvalue weighted by Gasteiger charge is 2.19. The highest BCUT2D eigenvalue weighted by molar-refractivity contribution is 5.71. The molecule has 0 rings (SSSR count). The van der Waals surface area contributed by atoms with Crippen molar-refractivity contribution in [2.45, 2.75) is 309 Å². The summed E-state index contributed by atoms with van der Waals surface area (Å²) in [7, 11) is 0. The van der Waals surface area contributed by atoms with Gasteiger partial charge in [0, 0.05) is 19.3 Å². The summed E-state index contributed by atoms with van der Waals surface area (Å²) in [5, 5.41) is 0. The van der Waals surface area contributed by atoms with E-state index in [0.717, 1.165) is 83.5 Å². The van der Waals surface area contributed by atoms with Gasteiger partial charge in [-0.1, -0.05) is 255 Å². The molecule has 0 heterocycles. The molecule has 0 N–H and O–H groups in total. The molecule has 0 aromatic carbocycles. The predicted octanol–water partition coefficient (Wildman–Crippen LogP) is 20.0. The van der Waals surface area contributed by atoms with E-state index in [4.69, 9.17) is 14.2 Å². The molecule has 0 aliphatic heterocycles. The quantitative estimate of drug-likeness (QED) is 0.0262. The molecule has 0 unspecified atom stereocenters. The second-order valence-electron chi connectivity index (χ2n) is 19.9. The number of allylic oxidation sites excluding steroid dienone is 10. The fourth-order valence-electron chi connectivity index (χ4n) is 8.48. The van der Waals surface area contributed by atoms with Crippen molar-refractivity contribution in [3.8, 4) is 0 Å². The summed E-state index contributed by atoms with van der Waals surface area (Å²) in [4.78, 5) is 38.2. The van der Waals surface area contributed by atoms with E-state index >= 15 is 0 Å². The Balaban J connectivity index is 4.40. The third-order valence-corrected chi connectivity index (χ3v) is 13.0. The van der Waals surface area contributed by atoms with Gasteiger partial charge in [0.2, 0.25) is 0 Å². The highest BCUT2D eigenvalue weighted by atomic mass is 16.6. The summed E-state index contributed by atoms with van der Waals surface area (Å²) in [6, 6.07) is 0. The molecular weight excluding hydrogens is 853 g/mol. The molecule has 0 bridgehead atoms. The fourth-order valence-corrected chi connectivity index (χ4v) is 8.48. The van der Waals surface area contributed by atoms with Crippen LogP contribution in [0.3, 0.4) is 0 Å². The van der Waals surface area contributed by atoms with Gasteiger partial charge in [0.05, 0.1) is 0 Å². The van der Waals surface area contributed by atoms with Gasteiger partial charge in [-0.25, -0.2) is 0 Å². The zero-order valence-corrected chi connectivity index (χ0v) is 45.8. The molecule has 0 amide bonds. The molecule has 0 saturated heterocycles. The smallest absolute Gasteiger partial charge is 0.306 e. The van der Waals surface area contributed by atoms with E-state index < -0.39 is 6.10 Å². The molecule has 0 radical (unpaired) electrons. The minimum absolute atomic E-state index is 0.0825. The lowest BCUT2D eigenvalue weighted by atomic mass is 10.0. The van der Waals surface area contributed by atoms with Crippen LogP contribution in [0.4, 0.5) is 0 Å². The van der Waals surface area contributed by atoms with Crippen LogP contribution in [0.5, 0.6) is 0 Å². The van der Waals surface area contributed by atoms with Gasteiger partial charge in [-0.3, -0.25) is 14.4 Å². The number of hydrogen-bond donors (Lipinski definition) is 0. The summed E-state index contributed by atoms with van der Waals surface area (Å²) in [5.41, 5.74) is 0. The summed E-state index contributed by atoms with van der Waals surface area (Å²) >= 11 is 0. The van der Waals surface area contributed by atoms with Crippen LogP contribution in [0, 0.1) is 0 Å². The van der Waals surface area contributed by atoms with E-state index in [0.29, 0.717) is 19.3 Å². The first kappa shape index (κ1) is 66.1. The van der Waals surface area contributed by atoms with Crippen LogP contribution in [0.15, 0.2) is 60.8 Å². The molecule has 0 aromatic rings. The zero-order valence-electron chi connectivity index (χ0n) is 45.8. The molecule has 6 heteroatoms. The third-order valence-electron chi connectivity index (χ3n) is 13.0. The van der Waals surface area contributed by atoms with Gasteiger partial charge < -0.3 is 14.2 Å². The van der Waals surface area contributed by atoms with Gasteiger partial charge in [0.25, 0.3) is 0 Å². The van der Waals surface area contributed by atoms with Crippen LogP contribution in [0.1, 0.15) is 303 Å². The number of ether oxygens (including phenoxy) is 3. The van der Waals surface area contributed by atoms with Crippen LogP contribution < -0.4 is 0 Å². The Bertz CT molecular complexity index is 1250. The molecule has 0 aliphatic carbocycles. The number of esters is 3. The van der Waals surface area contributed by atoms with Crippen molar-refractivity contribution in [2.24, 2.45) is 0 Å². The van der Waals surface area contributed by atoms with E-state index in [1.165, 1.54) is 180 Å². The van der Waals surface area contributed by atoms with Crippen molar-refractivity contribution in [2.75, 3.05) is 13.2 Å². The lowest BCUT2D eigenvalue weighted by molar-refractivity contribution is -0.167. The Morgan fingerprint density at radius 2 is 0.522 bits per heavy atom. The SMILES string of the molecule is CCCCC/C=C\C/C=C\C/C=C\C/C=C\CCCCCC(=O)OC[C@@H](COC(=O)CCCCCCCCCCCCCCC)OC(=O)CCCCCCCCCCC/C=C\CCCCCCCC. The van der Waals surface area contributed by atoms with Crippen molar-refractivity contribution in [1.82, 2.24) is 0 Å². The standard InChI is InChI=1S/C63H112O6/c1-4-7-10-13-16-19-22-25-27-29-31-33-35-38-41-44-47-50-53-56-62(65)68-59-60(58-67-61(64)55-52-49-46-43-40-37-24-21-18-15-12-9-6-3)69-63(66)57-54-51-48-45-42-39-36-34-32-30-28-26-23-20-17-14-11-8-5-2/h16,19,25-28,31,33,38,41,60H,4-15,17-18,20-24,29-30,32,34-37,39-40,42-59H2,1-3H3/b19-16-,27-25-,28-26-,33-31-,41-38-/t60-/m1/s1. The van der Waals surface area contributed by atoms with Crippen molar-refractivity contribution >= 4 is 17.9 Å². The molecule has 1 atom stereocenters. The molecule has 400 valence electrons. The molecule has 0 fully saturated rings. The Morgan fingerprint density at radius 3 is 0.870 bits per heavy atom. The number of carbonyl (C=O) groups excluding carboxylic acids is 3. The van der Waals surface area contributed by atoms with Crippen LogP contribution >= 0.6 is 0 Å². The van der Waals surface area contributed by atoms with Gasteiger partial charge in [-0.2, -0.15) is 0 Å². The van der Waals surface area contributed by atoms with E-state index in [2.05, 4.69) is 81.5 Å². The molecule has 0 spiro atoms. The van der Waals surface area contributed by atoms with Gasteiger partial charge in [-0.05, 0) is 89.9 Å². The minimum atomic E-state index is -0.787. The maximum Gasteiger partial charge on any atom is 0.306 e. The molecule has 0 aliphatic rings. The van der Waals surface area contributed by atoms with Crippen molar-refractivity contribution < 1.29 is 28.6 Å². The number of unbranched alkanes of at least 4 members (excludes halogenated alkanes) is 33. The Hall–Kier alpha value is -2.89. The summed E-state index contributed by atoms with van der Waals surface area (Å²) in [6.45, 7) is 6.61.